The molecule has 1 fully saturated rings. The van der Waals surface area contributed by atoms with Crippen molar-refractivity contribution in [3.05, 3.63) is 24.3 Å². The van der Waals surface area contributed by atoms with E-state index in [2.05, 4.69) is 53.3 Å². The van der Waals surface area contributed by atoms with Crippen LogP contribution in [-0.4, -0.2) is 32.4 Å². The number of likely N-dealkylation sites (N-methyl/N-ethyl adjacent to an activating group) is 2. The number of hydrogen-bond acceptors (Lipinski definition) is 3. The zero-order valence-corrected chi connectivity index (χ0v) is 12.3. The molecule has 0 aliphatic heterocycles. The summed E-state index contributed by atoms with van der Waals surface area (Å²) >= 11 is 2.06. The van der Waals surface area contributed by atoms with Gasteiger partial charge in [-0.15, -0.1) is 11.8 Å². The number of benzene rings is 1. The lowest BCUT2D eigenvalue weighted by molar-refractivity contribution is 0.767. The molecule has 1 aromatic rings. The molecule has 1 aliphatic carbocycles. The van der Waals surface area contributed by atoms with E-state index in [1.165, 1.54) is 36.3 Å². The number of rotatable bonds is 6. The Labute approximate surface area is 115 Å². The van der Waals surface area contributed by atoms with Crippen molar-refractivity contribution in [2.45, 2.75) is 35.8 Å². The molecule has 0 radical (unpaired) electrons. The van der Waals surface area contributed by atoms with Gasteiger partial charge in [0.25, 0.3) is 0 Å². The third-order valence-corrected chi connectivity index (χ3v) is 4.93. The molecule has 0 bridgehead atoms. The molecule has 0 unspecified atom stereocenters. The summed E-state index contributed by atoms with van der Waals surface area (Å²) in [6.07, 6.45) is 5.63. The van der Waals surface area contributed by atoms with Gasteiger partial charge in [-0.25, -0.2) is 0 Å². The standard InChI is InChI=1S/C15H24N2S/c1-16-11-12-17(2)13-7-9-15(10-8-13)18-14-5-3-4-6-14/h7-10,14,16H,3-6,11-12H2,1-2H3. The van der Waals surface area contributed by atoms with Crippen molar-refractivity contribution in [2.75, 3.05) is 32.1 Å². The van der Waals surface area contributed by atoms with Crippen molar-refractivity contribution >= 4 is 17.4 Å². The van der Waals surface area contributed by atoms with E-state index in [0.29, 0.717) is 0 Å². The minimum atomic E-state index is 0.859. The summed E-state index contributed by atoms with van der Waals surface area (Å²) in [6.45, 7) is 2.07. The van der Waals surface area contributed by atoms with Gasteiger partial charge in [0.15, 0.2) is 0 Å². The second-order valence-corrected chi connectivity index (χ2v) is 6.42. The average Bonchev–Trinajstić information content (AvgIpc) is 2.89. The zero-order chi connectivity index (χ0) is 12.8. The Balaban J connectivity index is 1.88. The molecule has 0 heterocycles. The van der Waals surface area contributed by atoms with E-state index in [4.69, 9.17) is 0 Å². The van der Waals surface area contributed by atoms with Crippen LogP contribution in [0.4, 0.5) is 5.69 Å². The maximum absolute atomic E-state index is 3.18. The number of hydrogen-bond donors (Lipinski definition) is 1. The topological polar surface area (TPSA) is 15.3 Å². The largest absolute Gasteiger partial charge is 0.373 e. The third-order valence-electron chi connectivity index (χ3n) is 3.58. The first-order chi connectivity index (χ1) is 8.79. The second kappa shape index (κ2) is 7.05. The van der Waals surface area contributed by atoms with Crippen LogP contribution >= 0.6 is 11.8 Å². The van der Waals surface area contributed by atoms with E-state index >= 15 is 0 Å². The van der Waals surface area contributed by atoms with E-state index in [0.717, 1.165) is 18.3 Å². The minimum absolute atomic E-state index is 0.859. The number of anilines is 1. The first-order valence-electron chi connectivity index (χ1n) is 6.92. The molecule has 0 saturated heterocycles. The van der Waals surface area contributed by atoms with Crippen molar-refractivity contribution < 1.29 is 0 Å². The average molecular weight is 264 g/mol. The Hall–Kier alpha value is -0.670. The van der Waals surface area contributed by atoms with Gasteiger partial charge < -0.3 is 10.2 Å². The molecule has 18 heavy (non-hydrogen) atoms. The quantitative estimate of drug-likeness (QED) is 0.848. The molecule has 1 aromatic carbocycles. The lowest BCUT2D eigenvalue weighted by atomic mass is 10.3. The van der Waals surface area contributed by atoms with Crippen molar-refractivity contribution in [1.29, 1.82) is 0 Å². The van der Waals surface area contributed by atoms with Crippen LogP contribution < -0.4 is 10.2 Å². The van der Waals surface area contributed by atoms with Gasteiger partial charge in [0.05, 0.1) is 0 Å². The molecule has 0 spiro atoms. The highest BCUT2D eigenvalue weighted by molar-refractivity contribution is 8.00. The Morgan fingerprint density at radius 2 is 1.89 bits per heavy atom. The Morgan fingerprint density at radius 1 is 1.22 bits per heavy atom. The highest BCUT2D eigenvalue weighted by Crippen LogP contribution is 2.35. The van der Waals surface area contributed by atoms with Crippen molar-refractivity contribution in [3.63, 3.8) is 0 Å². The monoisotopic (exact) mass is 264 g/mol. The van der Waals surface area contributed by atoms with Gasteiger partial charge >= 0.3 is 0 Å². The highest BCUT2D eigenvalue weighted by Gasteiger charge is 2.15. The summed E-state index contributed by atoms with van der Waals surface area (Å²) in [5.74, 6) is 0. The maximum atomic E-state index is 3.18. The third kappa shape index (κ3) is 3.92. The van der Waals surface area contributed by atoms with Gasteiger partial charge in [-0.3, -0.25) is 0 Å². The molecule has 1 N–H and O–H groups in total. The minimum Gasteiger partial charge on any atom is -0.373 e. The lowest BCUT2D eigenvalue weighted by Crippen LogP contribution is -2.26. The molecule has 2 nitrogen and oxygen atoms in total. The predicted octanol–water partition coefficient (Wildman–Crippen LogP) is 3.38. The van der Waals surface area contributed by atoms with Crippen molar-refractivity contribution in [2.24, 2.45) is 0 Å². The smallest absolute Gasteiger partial charge is 0.0364 e. The first kappa shape index (κ1) is 13.8. The Morgan fingerprint density at radius 3 is 2.50 bits per heavy atom. The summed E-state index contributed by atoms with van der Waals surface area (Å²) in [6, 6.07) is 9.03. The molecule has 0 amide bonds. The van der Waals surface area contributed by atoms with Crippen LogP contribution in [0.15, 0.2) is 29.2 Å². The van der Waals surface area contributed by atoms with Gasteiger partial charge in [0.2, 0.25) is 0 Å². The van der Waals surface area contributed by atoms with E-state index in [1.807, 2.05) is 7.05 Å². The van der Waals surface area contributed by atoms with E-state index in [-0.39, 0.29) is 0 Å². The van der Waals surface area contributed by atoms with Crippen LogP contribution in [0.5, 0.6) is 0 Å². The number of thioether (sulfide) groups is 1. The molecule has 0 atom stereocenters. The zero-order valence-electron chi connectivity index (χ0n) is 11.5. The van der Waals surface area contributed by atoms with Crippen LogP contribution in [0.1, 0.15) is 25.7 Å². The Bertz CT molecular complexity index is 344. The highest BCUT2D eigenvalue weighted by atomic mass is 32.2. The SMILES string of the molecule is CNCCN(C)c1ccc(SC2CCCC2)cc1. The van der Waals surface area contributed by atoms with E-state index in [1.54, 1.807) is 0 Å². The summed E-state index contributed by atoms with van der Waals surface area (Å²) in [7, 11) is 4.14. The lowest BCUT2D eigenvalue weighted by Gasteiger charge is -2.19. The molecule has 1 aliphatic rings. The molecule has 3 heteroatoms. The molecular weight excluding hydrogens is 240 g/mol. The van der Waals surface area contributed by atoms with E-state index < -0.39 is 0 Å². The van der Waals surface area contributed by atoms with Gasteiger partial charge in [-0.1, -0.05) is 12.8 Å². The predicted molar refractivity (Wildman–Crippen MR) is 81.8 cm³/mol. The van der Waals surface area contributed by atoms with Gasteiger partial charge in [-0.2, -0.15) is 0 Å². The van der Waals surface area contributed by atoms with Crippen LogP contribution in [-0.2, 0) is 0 Å². The van der Waals surface area contributed by atoms with Crippen LogP contribution in [0.3, 0.4) is 0 Å². The maximum Gasteiger partial charge on any atom is 0.0364 e. The summed E-state index contributed by atoms with van der Waals surface area (Å²) in [4.78, 5) is 3.72. The molecule has 100 valence electrons. The molecule has 1 saturated carbocycles. The first-order valence-corrected chi connectivity index (χ1v) is 7.80. The fourth-order valence-corrected chi connectivity index (χ4v) is 3.63. The van der Waals surface area contributed by atoms with Crippen LogP contribution in [0.2, 0.25) is 0 Å². The number of nitrogens with one attached hydrogen (secondary N) is 1. The molecular formula is C15H24N2S. The summed E-state index contributed by atoms with van der Waals surface area (Å²) in [5, 5.41) is 4.04. The second-order valence-electron chi connectivity index (χ2n) is 5.04. The van der Waals surface area contributed by atoms with Gasteiger partial charge in [0, 0.05) is 36.0 Å². The Kier molecular flexibility index (Phi) is 5.39. The van der Waals surface area contributed by atoms with Crippen LogP contribution in [0.25, 0.3) is 0 Å². The summed E-state index contributed by atoms with van der Waals surface area (Å²) < 4.78 is 0. The normalized spacial score (nSPS) is 16.1. The molecule has 2 rings (SSSR count). The molecule has 0 aromatic heterocycles. The fraction of sp³-hybridized carbons (Fsp3) is 0.600. The van der Waals surface area contributed by atoms with Crippen molar-refractivity contribution in [1.82, 2.24) is 5.32 Å². The van der Waals surface area contributed by atoms with Crippen LogP contribution in [0, 0.1) is 0 Å². The number of nitrogens with zero attached hydrogens (tertiary/aromatic N) is 1. The van der Waals surface area contributed by atoms with Crippen molar-refractivity contribution in [3.8, 4) is 0 Å². The van der Waals surface area contributed by atoms with Gasteiger partial charge in [0.1, 0.15) is 0 Å². The summed E-state index contributed by atoms with van der Waals surface area (Å²) in [5.41, 5.74) is 1.31. The fourth-order valence-electron chi connectivity index (χ4n) is 2.39. The van der Waals surface area contributed by atoms with Gasteiger partial charge in [-0.05, 0) is 44.2 Å². The van der Waals surface area contributed by atoms with E-state index in [9.17, 15) is 0 Å².